The standard InChI is InChI=1S/C7H15.Na.3H2O.O.Sb/c1-3-5-7-6-4-2;;;;;;/h5H,3-4,6-7H2,1-2H3;;3*1H2;;/q-1;+1;;;;;+3/p-3. The molecular weight excluding hydrogens is 293 g/mol. The topological polar surface area (TPSA) is 77.8 Å². The first-order chi connectivity index (χ1) is 5.41. The van der Waals surface area contributed by atoms with Crippen molar-refractivity contribution in [3.63, 3.8) is 0 Å². The van der Waals surface area contributed by atoms with Gasteiger partial charge in [0.2, 0.25) is 0 Å². The van der Waals surface area contributed by atoms with Crippen LogP contribution in [0.4, 0.5) is 0 Å². The molecule has 0 aliphatic heterocycles. The summed E-state index contributed by atoms with van der Waals surface area (Å²) in [5.41, 5.74) is 0. The quantitative estimate of drug-likeness (QED) is 0.308. The summed E-state index contributed by atoms with van der Waals surface area (Å²) in [6, 6.07) is 0. The molecule has 0 fully saturated rings. The van der Waals surface area contributed by atoms with E-state index in [2.05, 4.69) is 20.3 Å². The van der Waals surface area contributed by atoms with Crippen LogP contribution in [0, 0.1) is 6.42 Å². The summed E-state index contributed by atoms with van der Waals surface area (Å²) in [5.74, 6) is 0. The van der Waals surface area contributed by atoms with E-state index in [1.54, 1.807) is 0 Å². The molecule has 0 aromatic carbocycles. The molecule has 3 N–H and O–H groups in total. The predicted molar refractivity (Wildman–Crippen MR) is 47.2 cm³/mol. The van der Waals surface area contributed by atoms with Crippen LogP contribution in [0.25, 0.3) is 0 Å². The van der Waals surface area contributed by atoms with Gasteiger partial charge in [0.05, 0.1) is 0 Å². The summed E-state index contributed by atoms with van der Waals surface area (Å²) in [5, 5.41) is 0. The van der Waals surface area contributed by atoms with Crippen molar-refractivity contribution < 1.29 is 42.7 Å². The van der Waals surface area contributed by atoms with Gasteiger partial charge >= 0.3 is 62.8 Å². The molecule has 0 heterocycles. The summed E-state index contributed by atoms with van der Waals surface area (Å²) < 4.78 is 30.8. The molecule has 0 aromatic heterocycles. The predicted octanol–water partition coefficient (Wildman–Crippen LogP) is -2.38. The molecule has 0 saturated heterocycles. The van der Waals surface area contributed by atoms with E-state index < -0.39 is 20.1 Å². The summed E-state index contributed by atoms with van der Waals surface area (Å²) in [6.07, 6.45) is 7.58. The number of unbranched alkanes of at least 4 members (excludes halogenated alkanes) is 4. The Morgan fingerprint density at radius 3 is 1.85 bits per heavy atom. The van der Waals surface area contributed by atoms with E-state index in [1.807, 2.05) is 0 Å². The van der Waals surface area contributed by atoms with Crippen molar-refractivity contribution in [2.24, 2.45) is 0 Å². The van der Waals surface area contributed by atoms with E-state index in [0.29, 0.717) is 0 Å². The van der Waals surface area contributed by atoms with Crippen molar-refractivity contribution >= 4 is 20.1 Å². The molecule has 76 valence electrons. The average Bonchev–Trinajstić information content (AvgIpc) is 1.85. The summed E-state index contributed by atoms with van der Waals surface area (Å²) >= 11 is -5.35. The molecule has 0 unspecified atom stereocenters. The van der Waals surface area contributed by atoms with Gasteiger partial charge < -0.3 is 6.42 Å². The van der Waals surface area contributed by atoms with E-state index in [1.165, 1.54) is 25.7 Å². The van der Waals surface area contributed by atoms with Crippen molar-refractivity contribution in [3.05, 3.63) is 6.42 Å². The van der Waals surface area contributed by atoms with E-state index in [0.717, 1.165) is 0 Å². The Labute approximate surface area is 108 Å². The second-order valence-electron chi connectivity index (χ2n) is 2.35. The molecular formula is C7H18NaO4Sb. The van der Waals surface area contributed by atoms with Gasteiger partial charge in [0.25, 0.3) is 0 Å². The van der Waals surface area contributed by atoms with Crippen LogP contribution in [0.15, 0.2) is 0 Å². The zero-order chi connectivity index (χ0) is 10.0. The molecule has 0 bridgehead atoms. The van der Waals surface area contributed by atoms with Crippen molar-refractivity contribution in [2.75, 3.05) is 0 Å². The Morgan fingerprint density at radius 1 is 1.23 bits per heavy atom. The van der Waals surface area contributed by atoms with Crippen LogP contribution in [-0.2, 0) is 3.02 Å². The Balaban J connectivity index is -0.000000150. The third-order valence-corrected chi connectivity index (χ3v) is 1.05. The van der Waals surface area contributed by atoms with Crippen molar-refractivity contribution in [2.45, 2.75) is 39.5 Å². The number of rotatable bonds is 4. The van der Waals surface area contributed by atoms with Gasteiger partial charge in [0.15, 0.2) is 0 Å². The van der Waals surface area contributed by atoms with Gasteiger partial charge in [-0.15, -0.1) is 0 Å². The Kier molecular flexibility index (Phi) is 20.7. The maximum absolute atomic E-state index is 8.97. The van der Waals surface area contributed by atoms with Crippen LogP contribution >= 0.6 is 0 Å². The molecule has 0 rings (SSSR count). The maximum atomic E-state index is 8.97. The summed E-state index contributed by atoms with van der Waals surface area (Å²) in [6.45, 7) is 4.42. The zero-order valence-corrected chi connectivity index (χ0v) is 13.2. The minimum atomic E-state index is -5.35. The van der Waals surface area contributed by atoms with Gasteiger partial charge in [0.1, 0.15) is 0 Å². The molecule has 0 aliphatic carbocycles. The van der Waals surface area contributed by atoms with Crippen LogP contribution in [0.1, 0.15) is 39.5 Å². The molecule has 6 heteroatoms. The fourth-order valence-corrected chi connectivity index (χ4v) is 0.553. The van der Waals surface area contributed by atoms with E-state index in [-0.39, 0.29) is 29.6 Å². The summed E-state index contributed by atoms with van der Waals surface area (Å²) in [4.78, 5) is 0. The molecule has 13 heavy (non-hydrogen) atoms. The van der Waals surface area contributed by atoms with Crippen molar-refractivity contribution in [3.8, 4) is 0 Å². The second kappa shape index (κ2) is 13.5. The molecule has 0 spiro atoms. The van der Waals surface area contributed by atoms with Crippen LogP contribution < -0.4 is 29.6 Å². The second-order valence-corrected chi connectivity index (χ2v) is 5.28. The molecule has 0 aliphatic rings. The third kappa shape index (κ3) is 59.0. The van der Waals surface area contributed by atoms with Gasteiger partial charge in [0, 0.05) is 0 Å². The minimum absolute atomic E-state index is 0. The van der Waals surface area contributed by atoms with Crippen molar-refractivity contribution in [1.29, 1.82) is 0 Å². The summed E-state index contributed by atoms with van der Waals surface area (Å²) in [7, 11) is 0. The Bertz CT molecular complexity index is 113. The number of hydrogen-bond donors (Lipinski definition) is 3. The normalized spacial score (nSPS) is 9.62. The fourth-order valence-electron chi connectivity index (χ4n) is 0.553. The molecule has 0 radical (unpaired) electrons. The molecule has 0 saturated carbocycles. The van der Waals surface area contributed by atoms with Gasteiger partial charge in [-0.05, 0) is 0 Å². The Hall–Kier alpha value is 1.50. The van der Waals surface area contributed by atoms with Gasteiger partial charge in [-0.3, -0.25) is 0 Å². The van der Waals surface area contributed by atoms with Crippen molar-refractivity contribution in [1.82, 2.24) is 0 Å². The molecule has 0 aromatic rings. The van der Waals surface area contributed by atoms with Crippen LogP contribution in [0.5, 0.6) is 0 Å². The monoisotopic (exact) mass is 310 g/mol. The molecule has 4 nitrogen and oxygen atoms in total. The van der Waals surface area contributed by atoms with Gasteiger partial charge in [-0.2, -0.15) is 12.8 Å². The van der Waals surface area contributed by atoms with Crippen LogP contribution in [0.2, 0.25) is 0 Å². The van der Waals surface area contributed by atoms with Gasteiger partial charge in [-0.25, -0.2) is 0 Å². The first-order valence-electron chi connectivity index (χ1n) is 4.01. The van der Waals surface area contributed by atoms with Crippen LogP contribution in [-0.4, -0.2) is 30.2 Å². The first-order valence-corrected chi connectivity index (χ1v) is 8.48. The molecule has 0 atom stereocenters. The average molecular weight is 311 g/mol. The van der Waals surface area contributed by atoms with E-state index >= 15 is 0 Å². The fraction of sp³-hybridized carbons (Fsp3) is 0.857. The molecule has 0 amide bonds. The first kappa shape index (κ1) is 20.0. The third-order valence-electron chi connectivity index (χ3n) is 1.05. The van der Waals surface area contributed by atoms with E-state index in [9.17, 15) is 0 Å². The number of hydrogen-bond acceptors (Lipinski definition) is 1. The zero-order valence-electron chi connectivity index (χ0n) is 8.60. The van der Waals surface area contributed by atoms with E-state index in [4.69, 9.17) is 13.2 Å². The van der Waals surface area contributed by atoms with Crippen LogP contribution in [0.3, 0.4) is 0 Å². The SMILES string of the molecule is CC[CH-]CCCC.[Na+].[O]=[Sb]([OH])([OH])[OH]. The van der Waals surface area contributed by atoms with Gasteiger partial charge in [-0.1, -0.05) is 26.7 Å². The Morgan fingerprint density at radius 2 is 1.62 bits per heavy atom.